The van der Waals surface area contributed by atoms with Crippen LogP contribution in [0, 0.1) is 0 Å². The molecule has 0 aliphatic rings. The molecular weight excluding hydrogens is 290 g/mol. The van der Waals surface area contributed by atoms with Gasteiger partial charge in [-0.05, 0) is 36.4 Å². The Bertz CT molecular complexity index is 533. The maximum Gasteiger partial charge on any atom is 0.167 e. The first-order chi connectivity index (χ1) is 7.72. The molecule has 1 atom stereocenters. The summed E-state index contributed by atoms with van der Waals surface area (Å²) in [6.45, 7) is 0. The van der Waals surface area contributed by atoms with Crippen molar-refractivity contribution >= 4 is 33.2 Å². The van der Waals surface area contributed by atoms with Crippen LogP contribution in [-0.4, -0.2) is 14.5 Å². The molecule has 0 N–H and O–H groups in total. The molecule has 0 spiro atoms. The van der Waals surface area contributed by atoms with Gasteiger partial charge < -0.3 is 0 Å². The van der Waals surface area contributed by atoms with E-state index in [1.165, 1.54) is 3.97 Å². The highest BCUT2D eigenvalue weighted by Gasteiger charge is 2.09. The molecule has 0 saturated carbocycles. The van der Waals surface area contributed by atoms with Gasteiger partial charge in [-0.25, -0.2) is 4.21 Å². The van der Waals surface area contributed by atoms with Crippen molar-refractivity contribution in [1.29, 1.82) is 0 Å². The molecule has 0 fully saturated rings. The molecule has 1 unspecified atom stereocenters. The van der Waals surface area contributed by atoms with Crippen LogP contribution in [0.15, 0.2) is 52.0 Å². The molecule has 2 aromatic rings. The van der Waals surface area contributed by atoms with Crippen LogP contribution >= 0.6 is 15.9 Å². The molecule has 0 bridgehead atoms. The predicted molar refractivity (Wildman–Crippen MR) is 65.8 cm³/mol. The highest BCUT2D eigenvalue weighted by Crippen LogP contribution is 2.15. The summed E-state index contributed by atoms with van der Waals surface area (Å²) >= 11 is 3.31. The number of aldehydes is 1. The molecule has 16 heavy (non-hydrogen) atoms. The number of carbonyl (C=O) groups is 1. The Hall–Kier alpha value is -1.20. The van der Waals surface area contributed by atoms with Crippen LogP contribution in [0.4, 0.5) is 0 Å². The maximum atomic E-state index is 12.1. The summed E-state index contributed by atoms with van der Waals surface area (Å²) in [7, 11) is -1.37. The van der Waals surface area contributed by atoms with Gasteiger partial charge >= 0.3 is 0 Å². The maximum absolute atomic E-state index is 12.1. The second kappa shape index (κ2) is 4.76. The van der Waals surface area contributed by atoms with Gasteiger partial charge in [0, 0.05) is 10.7 Å². The normalized spacial score (nSPS) is 12.3. The van der Waals surface area contributed by atoms with Gasteiger partial charge in [-0.2, -0.15) is 0 Å². The molecule has 0 saturated heterocycles. The van der Waals surface area contributed by atoms with Crippen molar-refractivity contribution in [2.24, 2.45) is 0 Å². The van der Waals surface area contributed by atoms with E-state index in [2.05, 4.69) is 15.9 Å². The van der Waals surface area contributed by atoms with Gasteiger partial charge in [0.25, 0.3) is 0 Å². The summed E-state index contributed by atoms with van der Waals surface area (Å²) in [5, 5.41) is 0. The molecule has 0 aliphatic heterocycles. The van der Waals surface area contributed by atoms with E-state index in [4.69, 9.17) is 0 Å². The van der Waals surface area contributed by atoms with Crippen LogP contribution in [-0.2, 0) is 11.0 Å². The lowest BCUT2D eigenvalue weighted by atomic mass is 10.4. The van der Waals surface area contributed by atoms with Crippen LogP contribution in [0.2, 0.25) is 0 Å². The Labute approximate surface area is 104 Å². The molecule has 82 valence electrons. The van der Waals surface area contributed by atoms with Crippen LogP contribution in [0.1, 0.15) is 10.5 Å². The van der Waals surface area contributed by atoms with E-state index in [-0.39, 0.29) is 0 Å². The molecule has 1 heterocycles. The van der Waals surface area contributed by atoms with E-state index in [9.17, 15) is 9.00 Å². The summed E-state index contributed by atoms with van der Waals surface area (Å²) in [6.07, 6.45) is 2.32. The fourth-order valence-electron chi connectivity index (χ4n) is 1.29. The summed E-state index contributed by atoms with van der Waals surface area (Å²) in [5.74, 6) is 0. The average molecular weight is 298 g/mol. The third kappa shape index (κ3) is 2.15. The lowest BCUT2D eigenvalue weighted by Gasteiger charge is -2.04. The number of benzene rings is 1. The number of halogens is 1. The highest BCUT2D eigenvalue weighted by molar-refractivity contribution is 9.10. The predicted octanol–water partition coefficient (Wildman–Crippen LogP) is 2.63. The first kappa shape index (κ1) is 11.3. The first-order valence-corrected chi connectivity index (χ1v) is 6.42. The van der Waals surface area contributed by atoms with Crippen molar-refractivity contribution in [3.63, 3.8) is 0 Å². The van der Waals surface area contributed by atoms with E-state index in [1.807, 2.05) is 12.1 Å². The molecule has 2 rings (SSSR count). The average Bonchev–Trinajstić information content (AvgIpc) is 2.77. The van der Waals surface area contributed by atoms with Crippen molar-refractivity contribution in [2.75, 3.05) is 0 Å². The van der Waals surface area contributed by atoms with Crippen LogP contribution in [0.5, 0.6) is 0 Å². The molecule has 1 aromatic heterocycles. The standard InChI is InChI=1S/C11H8BrNO2S/c12-9-3-5-11(6-4-9)16(15)13-7-1-2-10(13)8-14/h1-8H. The van der Waals surface area contributed by atoms with Gasteiger partial charge in [-0.1, -0.05) is 15.9 Å². The minimum atomic E-state index is -1.37. The van der Waals surface area contributed by atoms with Crippen molar-refractivity contribution in [2.45, 2.75) is 4.90 Å². The monoisotopic (exact) mass is 297 g/mol. The number of hydrogen-bond donors (Lipinski definition) is 0. The smallest absolute Gasteiger partial charge is 0.167 e. The third-order valence-electron chi connectivity index (χ3n) is 2.06. The molecular formula is C11H8BrNO2S. The lowest BCUT2D eigenvalue weighted by molar-refractivity contribution is 0.111. The molecule has 0 aliphatic carbocycles. The van der Waals surface area contributed by atoms with Gasteiger partial charge in [0.15, 0.2) is 17.3 Å². The van der Waals surface area contributed by atoms with Gasteiger partial charge in [-0.15, -0.1) is 0 Å². The topological polar surface area (TPSA) is 39.1 Å². The minimum absolute atomic E-state index is 0.404. The van der Waals surface area contributed by atoms with E-state index in [1.54, 1.807) is 30.5 Å². The quantitative estimate of drug-likeness (QED) is 0.817. The number of nitrogens with zero attached hydrogens (tertiary/aromatic N) is 1. The summed E-state index contributed by atoms with van der Waals surface area (Å²) in [6, 6.07) is 10.5. The van der Waals surface area contributed by atoms with Crippen molar-refractivity contribution in [1.82, 2.24) is 3.97 Å². The number of aromatic nitrogens is 1. The van der Waals surface area contributed by atoms with Crippen molar-refractivity contribution in [3.8, 4) is 0 Å². The largest absolute Gasteiger partial charge is 0.296 e. The molecule has 0 amide bonds. The molecule has 1 aromatic carbocycles. The molecule has 3 nitrogen and oxygen atoms in total. The fraction of sp³-hybridized carbons (Fsp3) is 0. The third-order valence-corrected chi connectivity index (χ3v) is 3.95. The number of rotatable bonds is 3. The van der Waals surface area contributed by atoms with Crippen molar-refractivity contribution in [3.05, 3.63) is 52.8 Å². The van der Waals surface area contributed by atoms with Crippen LogP contribution in [0.25, 0.3) is 0 Å². The molecule has 0 radical (unpaired) electrons. The Morgan fingerprint density at radius 3 is 2.50 bits per heavy atom. The summed E-state index contributed by atoms with van der Waals surface area (Å²) in [4.78, 5) is 11.4. The van der Waals surface area contributed by atoms with Gasteiger partial charge in [0.05, 0.1) is 10.6 Å². The van der Waals surface area contributed by atoms with Crippen LogP contribution in [0.3, 0.4) is 0 Å². The Balaban J connectivity index is 2.39. The number of carbonyl (C=O) groups excluding carboxylic acids is 1. The lowest BCUT2D eigenvalue weighted by Crippen LogP contribution is -2.06. The van der Waals surface area contributed by atoms with E-state index in [0.717, 1.165) is 4.47 Å². The summed E-state index contributed by atoms with van der Waals surface area (Å²) in [5.41, 5.74) is 0.404. The first-order valence-electron chi connectivity index (χ1n) is 4.53. The zero-order chi connectivity index (χ0) is 11.5. The minimum Gasteiger partial charge on any atom is -0.296 e. The Kier molecular flexibility index (Phi) is 3.36. The van der Waals surface area contributed by atoms with E-state index < -0.39 is 11.0 Å². The zero-order valence-electron chi connectivity index (χ0n) is 8.17. The molecule has 5 heteroatoms. The van der Waals surface area contributed by atoms with Gasteiger partial charge in [0.1, 0.15) is 0 Å². The SMILES string of the molecule is O=Cc1cccn1S(=O)c1ccc(Br)cc1. The Morgan fingerprint density at radius 1 is 1.19 bits per heavy atom. The zero-order valence-corrected chi connectivity index (χ0v) is 10.6. The second-order valence-corrected chi connectivity index (χ2v) is 5.36. The summed E-state index contributed by atoms with van der Waals surface area (Å²) < 4.78 is 14.5. The Morgan fingerprint density at radius 2 is 1.88 bits per heavy atom. The van der Waals surface area contributed by atoms with Gasteiger partial charge in [-0.3, -0.25) is 8.77 Å². The van der Waals surface area contributed by atoms with Crippen molar-refractivity contribution < 1.29 is 9.00 Å². The highest BCUT2D eigenvalue weighted by atomic mass is 79.9. The van der Waals surface area contributed by atoms with E-state index >= 15 is 0 Å². The van der Waals surface area contributed by atoms with Gasteiger partial charge in [0.2, 0.25) is 0 Å². The number of hydrogen-bond acceptors (Lipinski definition) is 2. The van der Waals surface area contributed by atoms with E-state index in [0.29, 0.717) is 16.9 Å². The fourth-order valence-corrected chi connectivity index (χ4v) is 2.62. The van der Waals surface area contributed by atoms with Crippen LogP contribution < -0.4 is 0 Å². The second-order valence-electron chi connectivity index (χ2n) is 3.08.